The number of carboxylic acids is 1. The highest BCUT2D eigenvalue weighted by Gasteiger charge is 2.34. The molecule has 2 aromatic rings. The van der Waals surface area contributed by atoms with Crippen LogP contribution in [-0.2, 0) is 26.0 Å². The normalized spacial score (nSPS) is 15.4. The third-order valence-corrected chi connectivity index (χ3v) is 9.78. The van der Waals surface area contributed by atoms with Crippen molar-refractivity contribution in [3.8, 4) is 0 Å². The lowest BCUT2D eigenvalue weighted by Gasteiger charge is -2.30. The Labute approximate surface area is 297 Å². The Morgan fingerprint density at radius 3 is 2.02 bits per heavy atom. The lowest BCUT2D eigenvalue weighted by Crippen LogP contribution is -2.53. The number of hydrogen-bond donors (Lipinski definition) is 11. The molecule has 0 saturated heterocycles. The lowest BCUT2D eigenvalue weighted by atomic mass is 9.81. The fourth-order valence-corrected chi connectivity index (χ4v) is 6.36. The average molecular weight is 824 g/mol. The number of carbonyl (C=O) groups is 3. The maximum absolute atomic E-state index is 13.6. The zero-order valence-electron chi connectivity index (χ0n) is 26.5. The van der Waals surface area contributed by atoms with Gasteiger partial charge in [-0.25, -0.2) is 11.9 Å². The molecule has 0 heterocycles. The van der Waals surface area contributed by atoms with Crippen LogP contribution in [0.5, 0.6) is 0 Å². The zero-order valence-corrected chi connectivity index (χ0v) is 29.4. The Morgan fingerprint density at radius 1 is 0.898 bits per heavy atom. The number of likely N-dealkylation sites (N-methyl/N-ethyl adjacent to an activating group) is 1. The van der Waals surface area contributed by atoms with Crippen molar-refractivity contribution >= 4 is 63.3 Å². The SMILES string of the molecule is CN(C[C@@H](O)[C@H](O)[C@@H](O)[C@@H](O)CO)C(=O)[C@H](Cc1ccc(C(=O)NCCCC[C@H](NI)C(=O)O)cc1)NS(=O)(=O)c1ccc(B(O)O)cc1. The summed E-state index contributed by atoms with van der Waals surface area (Å²) in [6.45, 7) is -1.22. The monoisotopic (exact) mass is 824 g/mol. The number of nitrogens with zero attached hydrogens (tertiary/aromatic N) is 1. The van der Waals surface area contributed by atoms with Crippen LogP contribution in [0.2, 0.25) is 0 Å². The Bertz CT molecular complexity index is 1470. The highest BCUT2D eigenvalue weighted by atomic mass is 127. The number of carbonyl (C=O) groups excluding carboxylic acids is 2. The number of carboxylic acid groups (broad SMARTS) is 1. The Balaban J connectivity index is 2.20. The summed E-state index contributed by atoms with van der Waals surface area (Å²) in [4.78, 5) is 37.9. The van der Waals surface area contributed by atoms with Gasteiger partial charge in [0.05, 0.1) is 11.5 Å². The van der Waals surface area contributed by atoms with Gasteiger partial charge in [0.1, 0.15) is 36.5 Å². The number of aliphatic hydroxyl groups is 5. The van der Waals surface area contributed by atoms with Crippen molar-refractivity contribution in [2.24, 2.45) is 0 Å². The molecule has 2 amide bonds. The van der Waals surface area contributed by atoms with E-state index in [-0.39, 0.29) is 22.3 Å². The molecular formula is C29H42BIN4O13S. The summed E-state index contributed by atoms with van der Waals surface area (Å²) in [5, 5.41) is 79.6. The van der Waals surface area contributed by atoms with Gasteiger partial charge in [-0.15, -0.1) is 0 Å². The van der Waals surface area contributed by atoms with Crippen LogP contribution in [0.25, 0.3) is 0 Å². The summed E-state index contributed by atoms with van der Waals surface area (Å²) in [7, 11) is -5.03. The van der Waals surface area contributed by atoms with Gasteiger partial charge >= 0.3 is 13.1 Å². The van der Waals surface area contributed by atoms with Crippen LogP contribution >= 0.6 is 22.9 Å². The Hall–Kier alpha value is -2.77. The van der Waals surface area contributed by atoms with Gasteiger partial charge in [-0.1, -0.05) is 24.3 Å². The summed E-state index contributed by atoms with van der Waals surface area (Å²) in [5.41, 5.74) is 0.725. The number of benzene rings is 2. The molecule has 20 heteroatoms. The van der Waals surface area contributed by atoms with Gasteiger partial charge in [0, 0.05) is 48.6 Å². The van der Waals surface area contributed by atoms with E-state index >= 15 is 0 Å². The van der Waals surface area contributed by atoms with Crippen molar-refractivity contribution in [2.75, 3.05) is 26.7 Å². The molecule has 0 aliphatic carbocycles. The minimum atomic E-state index is -4.40. The molecule has 0 aromatic heterocycles. The van der Waals surface area contributed by atoms with Gasteiger partial charge in [0.15, 0.2) is 0 Å². The molecule has 0 saturated carbocycles. The molecule has 0 bridgehead atoms. The smallest absolute Gasteiger partial charge is 0.480 e. The zero-order chi connectivity index (χ0) is 36.9. The third kappa shape index (κ3) is 13.1. The van der Waals surface area contributed by atoms with E-state index in [1.54, 1.807) is 22.9 Å². The van der Waals surface area contributed by atoms with Crippen molar-refractivity contribution in [1.29, 1.82) is 0 Å². The highest BCUT2D eigenvalue weighted by molar-refractivity contribution is 14.1. The first-order chi connectivity index (χ1) is 23.0. The van der Waals surface area contributed by atoms with E-state index in [1.807, 2.05) is 0 Å². The number of amides is 2. The molecule has 2 rings (SSSR count). The molecule has 17 nitrogen and oxygen atoms in total. The fourth-order valence-electron chi connectivity index (χ4n) is 4.59. The van der Waals surface area contributed by atoms with E-state index in [9.17, 15) is 53.3 Å². The maximum atomic E-state index is 13.6. The van der Waals surface area contributed by atoms with Gasteiger partial charge in [-0.05, 0) is 61.0 Å². The molecule has 6 atom stereocenters. The number of halogens is 1. The van der Waals surface area contributed by atoms with E-state index in [1.165, 1.54) is 43.4 Å². The van der Waals surface area contributed by atoms with E-state index < -0.39 is 84.6 Å². The Kier molecular flexibility index (Phi) is 17.5. The number of hydrogen-bond acceptors (Lipinski definition) is 13. The number of rotatable bonds is 21. The third-order valence-electron chi connectivity index (χ3n) is 7.54. The predicted molar refractivity (Wildman–Crippen MR) is 184 cm³/mol. The molecule has 0 aliphatic heterocycles. The van der Waals surface area contributed by atoms with E-state index in [0.717, 1.165) is 17.0 Å². The average Bonchev–Trinajstić information content (AvgIpc) is 3.07. The molecule has 49 heavy (non-hydrogen) atoms. The minimum absolute atomic E-state index is 0.0248. The number of nitrogens with one attached hydrogen (secondary N) is 3. The predicted octanol–water partition coefficient (Wildman–Crippen LogP) is -3.56. The summed E-state index contributed by atoms with van der Waals surface area (Å²) in [6, 6.07) is 8.32. The van der Waals surface area contributed by atoms with Crippen molar-refractivity contribution in [3.05, 3.63) is 59.7 Å². The van der Waals surface area contributed by atoms with Crippen molar-refractivity contribution in [1.82, 2.24) is 18.5 Å². The summed E-state index contributed by atoms with van der Waals surface area (Å²) in [6.07, 6.45) is -6.26. The van der Waals surface area contributed by atoms with E-state index in [0.29, 0.717) is 31.4 Å². The number of aliphatic hydroxyl groups excluding tert-OH is 5. The van der Waals surface area contributed by atoms with E-state index in [4.69, 9.17) is 10.2 Å². The number of aliphatic carboxylic acids is 1. The molecule has 0 aliphatic rings. The molecular weight excluding hydrogens is 782 g/mol. The second-order valence-corrected chi connectivity index (χ2v) is 13.6. The molecule has 11 N–H and O–H groups in total. The summed E-state index contributed by atoms with van der Waals surface area (Å²) >= 11 is 1.77. The Morgan fingerprint density at radius 2 is 1.49 bits per heavy atom. The van der Waals surface area contributed by atoms with Gasteiger partial charge < -0.3 is 50.9 Å². The van der Waals surface area contributed by atoms with Crippen LogP contribution in [0.4, 0.5) is 0 Å². The van der Waals surface area contributed by atoms with Gasteiger partial charge in [0.25, 0.3) is 5.91 Å². The largest absolute Gasteiger partial charge is 0.488 e. The number of unbranched alkanes of at least 4 members (excludes halogenated alkanes) is 1. The molecule has 0 unspecified atom stereocenters. The topological polar surface area (TPSA) is 287 Å². The van der Waals surface area contributed by atoms with Crippen molar-refractivity contribution < 1.29 is 63.5 Å². The first kappa shape index (κ1) is 42.4. The van der Waals surface area contributed by atoms with Crippen LogP contribution in [0.3, 0.4) is 0 Å². The van der Waals surface area contributed by atoms with Crippen LogP contribution in [0.1, 0.15) is 35.2 Å². The first-order valence-electron chi connectivity index (χ1n) is 15.0. The summed E-state index contributed by atoms with van der Waals surface area (Å²) < 4.78 is 31.5. The van der Waals surface area contributed by atoms with Crippen molar-refractivity contribution in [3.63, 3.8) is 0 Å². The standard InChI is InChI=1S/C29H42BIN4O13S/c1-35(15-23(37)25(39)26(40)24(38)16-36)28(42)22(34-49(47,48)20-11-9-19(10-12-20)30(45)46)14-17-5-7-18(8-6-17)27(41)32-13-3-2-4-21(33-31)29(43)44/h5-12,21-26,33-34,36-40,45-46H,2-4,13-16H2,1H3,(H,32,41)(H,43,44)/t21-,22-,23+,24-,25-,26-/m0/s1. The fraction of sp³-hybridized carbons (Fsp3) is 0.483. The van der Waals surface area contributed by atoms with E-state index in [2.05, 4.69) is 13.6 Å². The quantitative estimate of drug-likeness (QED) is 0.0252. The lowest BCUT2D eigenvalue weighted by molar-refractivity contribution is -0.139. The molecule has 0 spiro atoms. The van der Waals surface area contributed by atoms with Crippen LogP contribution < -0.4 is 19.0 Å². The van der Waals surface area contributed by atoms with Gasteiger partial charge in [-0.2, -0.15) is 4.72 Å². The van der Waals surface area contributed by atoms with Crippen LogP contribution in [-0.4, -0.2) is 142 Å². The highest BCUT2D eigenvalue weighted by Crippen LogP contribution is 2.15. The molecule has 0 radical (unpaired) electrons. The first-order valence-corrected chi connectivity index (χ1v) is 17.6. The maximum Gasteiger partial charge on any atom is 0.488 e. The molecule has 272 valence electrons. The summed E-state index contributed by atoms with van der Waals surface area (Å²) in [5.74, 6) is -2.23. The number of sulfonamides is 1. The van der Waals surface area contributed by atoms with Crippen molar-refractivity contribution in [2.45, 2.75) is 67.1 Å². The van der Waals surface area contributed by atoms with Gasteiger partial charge in [0.2, 0.25) is 15.9 Å². The van der Waals surface area contributed by atoms with Gasteiger partial charge in [-0.3, -0.25) is 14.4 Å². The minimum Gasteiger partial charge on any atom is -0.480 e. The second-order valence-electron chi connectivity index (χ2n) is 11.3. The second kappa shape index (κ2) is 20.2. The molecule has 2 aromatic carbocycles. The van der Waals surface area contributed by atoms with Crippen LogP contribution in [0, 0.1) is 0 Å². The van der Waals surface area contributed by atoms with Crippen LogP contribution in [0.15, 0.2) is 53.4 Å². The molecule has 0 fully saturated rings.